The Morgan fingerprint density at radius 2 is 0.544 bits per heavy atom. The Kier molecular flexibility index (Phi) is 58.7. The van der Waals surface area contributed by atoms with E-state index >= 15 is 0 Å². The lowest BCUT2D eigenvalue weighted by atomic mass is 10.0. The molecule has 0 bridgehead atoms. The maximum Gasteiger partial charge on any atom is 0.306 e. The van der Waals surface area contributed by atoms with E-state index in [1.807, 2.05) is 0 Å². The minimum absolute atomic E-state index is 0.0593. The van der Waals surface area contributed by atoms with E-state index in [0.717, 1.165) is 32.1 Å². The molecule has 0 fully saturated rings. The molecule has 0 amide bonds. The fourth-order valence-corrected chi connectivity index (χ4v) is 9.85. The fourth-order valence-electron chi connectivity index (χ4n) is 9.85. The van der Waals surface area contributed by atoms with E-state index in [1.165, 1.54) is 302 Å². The van der Waals surface area contributed by atoms with Crippen LogP contribution in [0.3, 0.4) is 0 Å². The van der Waals surface area contributed by atoms with Crippen LogP contribution < -0.4 is 0 Å². The van der Waals surface area contributed by atoms with Gasteiger partial charge in [-0.25, -0.2) is 0 Å². The Morgan fingerprint density at radius 3 is 0.794 bits per heavy atom. The topological polar surface area (TPSA) is 72.8 Å². The van der Waals surface area contributed by atoms with E-state index < -0.39 is 6.10 Å². The van der Waals surface area contributed by atoms with Crippen molar-refractivity contribution in [3.05, 3.63) is 12.2 Å². The molecular weight excluding hydrogens is 837 g/mol. The largest absolute Gasteiger partial charge is 0.462 e. The number of hydrogen-bond donors (Lipinski definition) is 1. The molecule has 0 aromatic heterocycles. The zero-order chi connectivity index (χ0) is 49.2. The fraction of sp³-hybridized carbons (Fsp3) is 0.937. The van der Waals surface area contributed by atoms with Gasteiger partial charge in [-0.1, -0.05) is 321 Å². The molecule has 0 saturated heterocycles. The Balaban J connectivity index is 3.36. The van der Waals surface area contributed by atoms with Crippen molar-refractivity contribution in [2.24, 2.45) is 0 Å². The highest BCUT2D eigenvalue weighted by molar-refractivity contribution is 5.70. The molecule has 1 N–H and O–H groups in total. The number of hydrogen-bond acceptors (Lipinski definition) is 5. The van der Waals surface area contributed by atoms with E-state index in [1.54, 1.807) is 0 Å². The van der Waals surface area contributed by atoms with E-state index in [0.29, 0.717) is 12.8 Å². The second-order valence-electron chi connectivity index (χ2n) is 21.5. The van der Waals surface area contributed by atoms with Crippen molar-refractivity contribution in [3.63, 3.8) is 0 Å². The number of carbonyl (C=O) groups excluding carboxylic acids is 2. The standard InChI is InChI=1S/C63H122O5/c1-3-5-7-9-11-13-15-17-19-21-23-24-25-26-27-28-29-30-31-32-33-34-35-36-37-38-40-41-43-45-47-49-51-53-55-57-62(65)67-60-61(59-64)68-63(66)58-56-54-52-50-48-46-44-42-39-22-20-18-16-14-12-10-8-6-4-2/h18,20,61,64H,3-17,19,21-60H2,1-2H3/b20-18-. The summed E-state index contributed by atoms with van der Waals surface area (Å²) in [5.41, 5.74) is 0. The predicted octanol–water partition coefficient (Wildman–Crippen LogP) is 21.1. The number of rotatable bonds is 59. The van der Waals surface area contributed by atoms with Gasteiger partial charge in [-0.2, -0.15) is 0 Å². The van der Waals surface area contributed by atoms with Crippen molar-refractivity contribution in [2.45, 2.75) is 367 Å². The Morgan fingerprint density at radius 1 is 0.324 bits per heavy atom. The number of ether oxygens (including phenoxy) is 2. The molecule has 1 unspecified atom stereocenters. The molecule has 0 saturated carbocycles. The highest BCUT2D eigenvalue weighted by Gasteiger charge is 2.16. The first-order valence-corrected chi connectivity index (χ1v) is 31.2. The summed E-state index contributed by atoms with van der Waals surface area (Å²) in [5, 5.41) is 9.66. The zero-order valence-corrected chi connectivity index (χ0v) is 46.4. The van der Waals surface area contributed by atoms with Crippen molar-refractivity contribution in [1.82, 2.24) is 0 Å². The van der Waals surface area contributed by atoms with Gasteiger partial charge in [0.25, 0.3) is 0 Å². The molecule has 0 aliphatic rings. The summed E-state index contributed by atoms with van der Waals surface area (Å²) in [6.07, 6.45) is 75.1. The molecule has 0 aliphatic carbocycles. The molecule has 0 aromatic carbocycles. The molecule has 5 nitrogen and oxygen atoms in total. The second kappa shape index (κ2) is 59.9. The van der Waals surface area contributed by atoms with Gasteiger partial charge < -0.3 is 14.6 Å². The summed E-state index contributed by atoms with van der Waals surface area (Å²) in [6, 6.07) is 0. The summed E-state index contributed by atoms with van der Waals surface area (Å²) in [6.45, 7) is 4.19. The molecule has 0 radical (unpaired) electrons. The van der Waals surface area contributed by atoms with Crippen LogP contribution in [-0.4, -0.2) is 36.4 Å². The van der Waals surface area contributed by atoms with E-state index in [9.17, 15) is 14.7 Å². The van der Waals surface area contributed by atoms with Crippen molar-refractivity contribution in [2.75, 3.05) is 13.2 Å². The molecule has 68 heavy (non-hydrogen) atoms. The molecule has 0 spiro atoms. The quantitative estimate of drug-likeness (QED) is 0.0374. The van der Waals surface area contributed by atoms with Gasteiger partial charge in [0.05, 0.1) is 6.61 Å². The average Bonchev–Trinajstić information content (AvgIpc) is 3.34. The number of esters is 2. The van der Waals surface area contributed by atoms with Crippen LogP contribution in [-0.2, 0) is 19.1 Å². The minimum Gasteiger partial charge on any atom is -0.462 e. The molecule has 0 rings (SSSR count). The van der Waals surface area contributed by atoms with Gasteiger partial charge in [0.2, 0.25) is 0 Å². The lowest BCUT2D eigenvalue weighted by molar-refractivity contribution is -0.161. The summed E-state index contributed by atoms with van der Waals surface area (Å²) in [4.78, 5) is 24.5. The molecule has 1 atom stereocenters. The van der Waals surface area contributed by atoms with Crippen LogP contribution in [0.2, 0.25) is 0 Å². The first-order chi connectivity index (χ1) is 33.6. The van der Waals surface area contributed by atoms with Gasteiger partial charge in [-0.15, -0.1) is 0 Å². The third-order valence-corrected chi connectivity index (χ3v) is 14.6. The molecule has 0 heterocycles. The van der Waals surface area contributed by atoms with Crippen molar-refractivity contribution in [1.29, 1.82) is 0 Å². The molecule has 0 aliphatic heterocycles. The van der Waals surface area contributed by atoms with Gasteiger partial charge in [0.15, 0.2) is 6.10 Å². The summed E-state index contributed by atoms with van der Waals surface area (Å²) in [7, 11) is 0. The SMILES string of the molecule is CCCCCCCC/C=C\CCCCCCCCCCCC(=O)OC(CO)COC(=O)CCCCCCCCCCCCCCCCCCCCCCCCCCCCCCCCCCCCC. The smallest absolute Gasteiger partial charge is 0.306 e. The van der Waals surface area contributed by atoms with Crippen molar-refractivity contribution in [3.8, 4) is 0 Å². The number of aliphatic hydroxyl groups is 1. The second-order valence-corrected chi connectivity index (χ2v) is 21.5. The normalized spacial score (nSPS) is 12.1. The van der Waals surface area contributed by atoms with Crippen LogP contribution in [0, 0.1) is 0 Å². The van der Waals surface area contributed by atoms with Crippen LogP contribution in [0.25, 0.3) is 0 Å². The van der Waals surface area contributed by atoms with Crippen LogP contribution in [0.4, 0.5) is 0 Å². The Labute approximate surface area is 426 Å². The number of allylic oxidation sites excluding steroid dienone is 2. The van der Waals surface area contributed by atoms with Crippen molar-refractivity contribution >= 4 is 11.9 Å². The molecule has 0 aromatic rings. The predicted molar refractivity (Wildman–Crippen MR) is 298 cm³/mol. The Bertz CT molecular complexity index is 994. The van der Waals surface area contributed by atoms with Crippen LogP contribution in [0.5, 0.6) is 0 Å². The van der Waals surface area contributed by atoms with Gasteiger partial charge >= 0.3 is 11.9 Å². The molecule has 404 valence electrons. The van der Waals surface area contributed by atoms with Gasteiger partial charge in [0.1, 0.15) is 6.61 Å². The lowest BCUT2D eigenvalue weighted by Crippen LogP contribution is -2.28. The van der Waals surface area contributed by atoms with E-state index in [-0.39, 0.29) is 25.2 Å². The van der Waals surface area contributed by atoms with E-state index in [4.69, 9.17) is 9.47 Å². The first kappa shape index (κ1) is 66.6. The third-order valence-electron chi connectivity index (χ3n) is 14.6. The molecular formula is C63H122O5. The number of unbranched alkanes of at least 4 members (excludes halogenated alkanes) is 49. The number of aliphatic hydroxyl groups excluding tert-OH is 1. The summed E-state index contributed by atoms with van der Waals surface area (Å²) >= 11 is 0. The van der Waals surface area contributed by atoms with Crippen LogP contribution in [0.1, 0.15) is 361 Å². The highest BCUT2D eigenvalue weighted by atomic mass is 16.6. The maximum absolute atomic E-state index is 12.3. The minimum atomic E-state index is -0.768. The number of carbonyl (C=O) groups is 2. The Hall–Kier alpha value is -1.36. The van der Waals surface area contributed by atoms with E-state index in [2.05, 4.69) is 26.0 Å². The summed E-state index contributed by atoms with van der Waals surface area (Å²) < 4.78 is 10.7. The zero-order valence-electron chi connectivity index (χ0n) is 46.4. The van der Waals surface area contributed by atoms with Crippen LogP contribution in [0.15, 0.2) is 12.2 Å². The maximum atomic E-state index is 12.3. The van der Waals surface area contributed by atoms with Gasteiger partial charge in [-0.3, -0.25) is 9.59 Å². The van der Waals surface area contributed by atoms with Gasteiger partial charge in [-0.05, 0) is 38.5 Å². The third kappa shape index (κ3) is 57.2. The lowest BCUT2D eigenvalue weighted by Gasteiger charge is -2.15. The highest BCUT2D eigenvalue weighted by Crippen LogP contribution is 2.19. The van der Waals surface area contributed by atoms with Crippen LogP contribution >= 0.6 is 0 Å². The average molecular weight is 960 g/mol. The van der Waals surface area contributed by atoms with Gasteiger partial charge in [0, 0.05) is 12.8 Å². The summed E-state index contributed by atoms with van der Waals surface area (Å²) in [5.74, 6) is -0.570. The van der Waals surface area contributed by atoms with Crippen molar-refractivity contribution < 1.29 is 24.2 Å². The first-order valence-electron chi connectivity index (χ1n) is 31.2. The monoisotopic (exact) mass is 959 g/mol. The molecule has 5 heteroatoms.